The van der Waals surface area contributed by atoms with Crippen LogP contribution in [0, 0.1) is 11.6 Å². The number of fused-ring (bicyclic) bond motifs is 2. The van der Waals surface area contributed by atoms with E-state index < -0.39 is 41.5 Å². The third-order valence-corrected chi connectivity index (χ3v) is 6.66. The zero-order valence-corrected chi connectivity index (χ0v) is 17.3. The van der Waals surface area contributed by atoms with Crippen molar-refractivity contribution in [3.63, 3.8) is 0 Å². The van der Waals surface area contributed by atoms with E-state index in [1.165, 1.54) is 6.07 Å². The molecule has 4 aliphatic rings. The summed E-state index contributed by atoms with van der Waals surface area (Å²) in [6, 6.07) is 2.66. The molecule has 1 aromatic rings. The number of amides is 2. The molecular formula is C22H23F2N3O5. The summed E-state index contributed by atoms with van der Waals surface area (Å²) in [6.45, 7) is 2.19. The van der Waals surface area contributed by atoms with Crippen LogP contribution in [-0.2, 0) is 20.9 Å². The molecule has 4 heterocycles. The Kier molecular flexibility index (Phi) is 4.94. The zero-order valence-electron chi connectivity index (χ0n) is 17.3. The molecule has 4 aliphatic heterocycles. The number of benzene rings is 1. The van der Waals surface area contributed by atoms with Gasteiger partial charge < -0.3 is 30.1 Å². The predicted molar refractivity (Wildman–Crippen MR) is 106 cm³/mol. The van der Waals surface area contributed by atoms with E-state index in [-0.39, 0.29) is 35.5 Å². The molecule has 4 atom stereocenters. The minimum atomic E-state index is -1.69. The van der Waals surface area contributed by atoms with Crippen molar-refractivity contribution in [2.24, 2.45) is 0 Å². The van der Waals surface area contributed by atoms with E-state index in [2.05, 4.69) is 5.32 Å². The number of hydrogen-bond acceptors (Lipinski definition) is 6. The highest BCUT2D eigenvalue weighted by Crippen LogP contribution is 2.47. The van der Waals surface area contributed by atoms with E-state index >= 15 is 0 Å². The molecule has 0 aliphatic carbocycles. The molecule has 3 unspecified atom stereocenters. The first-order chi connectivity index (χ1) is 15.3. The van der Waals surface area contributed by atoms with Crippen LogP contribution in [0.4, 0.5) is 8.78 Å². The number of aliphatic hydroxyl groups excluding tert-OH is 2. The van der Waals surface area contributed by atoms with Crippen LogP contribution in [-0.4, -0.2) is 62.8 Å². The summed E-state index contributed by atoms with van der Waals surface area (Å²) in [7, 11) is 0. The Bertz CT molecular complexity index is 1070. The van der Waals surface area contributed by atoms with Crippen LogP contribution in [0.1, 0.15) is 31.7 Å². The minimum absolute atomic E-state index is 0.0234. The molecule has 8 nitrogen and oxygen atoms in total. The molecule has 3 saturated heterocycles. The lowest BCUT2D eigenvalue weighted by Gasteiger charge is -2.51. The van der Waals surface area contributed by atoms with Crippen LogP contribution < -0.4 is 5.32 Å². The number of allylic oxidation sites excluding steroid dienone is 1. The lowest BCUT2D eigenvalue weighted by atomic mass is 9.94. The molecule has 0 spiro atoms. The van der Waals surface area contributed by atoms with Crippen LogP contribution >= 0.6 is 0 Å². The predicted octanol–water partition coefficient (Wildman–Crippen LogP) is 1.42. The standard InChI is InChI=1S/C22H23F2N3O5/c1-10-6-7-32-22-15-5-4-14-16(18(28)19(29)17(27(14)15)21(31)26(10)22)20(30)25-9-11-2-3-12(23)8-13(11)24/h2-3,8,10,15,18,22,28-29H,4-7,9H2,1H3,(H,25,30)/t10-,15?,18?,22?/m0/s1. The fourth-order valence-corrected chi connectivity index (χ4v) is 5.08. The van der Waals surface area contributed by atoms with Crippen LogP contribution in [0.25, 0.3) is 0 Å². The Morgan fingerprint density at radius 2 is 2.09 bits per heavy atom. The highest BCUT2D eigenvalue weighted by molar-refractivity contribution is 6.00. The van der Waals surface area contributed by atoms with Crippen molar-refractivity contribution in [1.82, 2.24) is 15.1 Å². The van der Waals surface area contributed by atoms with E-state index in [1.54, 1.807) is 9.80 Å². The molecular weight excluding hydrogens is 424 g/mol. The van der Waals surface area contributed by atoms with Crippen molar-refractivity contribution in [3.8, 4) is 0 Å². The summed E-state index contributed by atoms with van der Waals surface area (Å²) in [5.41, 5.74) is 0.419. The van der Waals surface area contributed by atoms with E-state index in [1.807, 2.05) is 6.92 Å². The van der Waals surface area contributed by atoms with Gasteiger partial charge in [0, 0.05) is 29.9 Å². The Morgan fingerprint density at radius 1 is 1.31 bits per heavy atom. The monoisotopic (exact) mass is 447 g/mol. The van der Waals surface area contributed by atoms with E-state index in [4.69, 9.17) is 4.74 Å². The number of aliphatic hydroxyl groups is 2. The molecule has 5 rings (SSSR count). The number of halogens is 2. The molecule has 32 heavy (non-hydrogen) atoms. The van der Waals surface area contributed by atoms with Gasteiger partial charge in [0.25, 0.3) is 11.8 Å². The molecule has 3 N–H and O–H groups in total. The number of carbonyl (C=O) groups excluding carboxylic acids is 2. The third-order valence-electron chi connectivity index (χ3n) is 6.66. The average Bonchev–Trinajstić information content (AvgIpc) is 3.17. The fourth-order valence-electron chi connectivity index (χ4n) is 5.08. The van der Waals surface area contributed by atoms with Gasteiger partial charge in [0.05, 0.1) is 18.2 Å². The summed E-state index contributed by atoms with van der Waals surface area (Å²) in [4.78, 5) is 29.4. The maximum atomic E-state index is 13.9. The normalized spacial score (nSPS) is 29.3. The number of piperazine rings is 1. The van der Waals surface area contributed by atoms with Crippen molar-refractivity contribution in [2.45, 2.75) is 57.1 Å². The van der Waals surface area contributed by atoms with Gasteiger partial charge in [-0.15, -0.1) is 0 Å². The third kappa shape index (κ3) is 3.01. The highest BCUT2D eigenvalue weighted by atomic mass is 19.1. The van der Waals surface area contributed by atoms with Crippen LogP contribution in [0.2, 0.25) is 0 Å². The number of nitrogens with one attached hydrogen (secondary N) is 1. The lowest BCUT2D eigenvalue weighted by Crippen LogP contribution is -2.65. The highest BCUT2D eigenvalue weighted by Gasteiger charge is 2.55. The summed E-state index contributed by atoms with van der Waals surface area (Å²) in [5.74, 6) is -3.26. The van der Waals surface area contributed by atoms with Crippen LogP contribution in [0.15, 0.2) is 40.9 Å². The van der Waals surface area contributed by atoms with Crippen molar-refractivity contribution >= 4 is 11.8 Å². The Hall–Kier alpha value is -2.98. The molecule has 2 amide bonds. The first-order valence-electron chi connectivity index (χ1n) is 10.6. The maximum Gasteiger partial charge on any atom is 0.276 e. The largest absolute Gasteiger partial charge is 0.507 e. The number of hydrogen-bond donors (Lipinski definition) is 3. The Labute approximate surface area is 182 Å². The average molecular weight is 447 g/mol. The molecule has 3 fully saturated rings. The second-order valence-electron chi connectivity index (χ2n) is 8.50. The summed E-state index contributed by atoms with van der Waals surface area (Å²) in [6.07, 6.45) is -0.546. The molecule has 0 aromatic heterocycles. The number of rotatable bonds is 3. The molecule has 1 aromatic carbocycles. The van der Waals surface area contributed by atoms with E-state index in [9.17, 15) is 28.6 Å². The van der Waals surface area contributed by atoms with Gasteiger partial charge in [-0.25, -0.2) is 8.78 Å². The second-order valence-corrected chi connectivity index (χ2v) is 8.50. The van der Waals surface area contributed by atoms with Gasteiger partial charge in [-0.1, -0.05) is 6.07 Å². The van der Waals surface area contributed by atoms with Crippen LogP contribution in [0.5, 0.6) is 0 Å². The molecule has 0 bridgehead atoms. The molecule has 0 radical (unpaired) electrons. The van der Waals surface area contributed by atoms with Gasteiger partial charge in [-0.2, -0.15) is 0 Å². The van der Waals surface area contributed by atoms with Gasteiger partial charge >= 0.3 is 0 Å². The maximum absolute atomic E-state index is 13.9. The minimum Gasteiger partial charge on any atom is -0.507 e. The Balaban J connectivity index is 1.46. The van der Waals surface area contributed by atoms with Gasteiger partial charge in [0.15, 0.2) is 12.0 Å². The smallest absolute Gasteiger partial charge is 0.276 e. The summed E-state index contributed by atoms with van der Waals surface area (Å²) in [5, 5.41) is 24.0. The van der Waals surface area contributed by atoms with E-state index in [0.717, 1.165) is 12.1 Å². The zero-order chi connectivity index (χ0) is 22.7. The van der Waals surface area contributed by atoms with Crippen molar-refractivity contribution < 1.29 is 33.3 Å². The number of nitrogens with zero attached hydrogens (tertiary/aromatic N) is 2. The number of carbonyl (C=O) groups is 2. The van der Waals surface area contributed by atoms with Crippen LogP contribution in [0.3, 0.4) is 0 Å². The summed E-state index contributed by atoms with van der Waals surface area (Å²) >= 11 is 0. The molecule has 10 heteroatoms. The van der Waals surface area contributed by atoms with Crippen molar-refractivity contribution in [2.75, 3.05) is 6.61 Å². The fraction of sp³-hybridized carbons (Fsp3) is 0.455. The summed E-state index contributed by atoms with van der Waals surface area (Å²) < 4.78 is 32.9. The topological polar surface area (TPSA) is 102 Å². The van der Waals surface area contributed by atoms with Crippen molar-refractivity contribution in [1.29, 1.82) is 0 Å². The molecule has 0 saturated carbocycles. The van der Waals surface area contributed by atoms with Gasteiger partial charge in [-0.05, 0) is 32.3 Å². The van der Waals surface area contributed by atoms with Gasteiger partial charge in [-0.3, -0.25) is 9.59 Å². The SMILES string of the molecule is C[C@H]1CCOC2C3CCC4=C(C(=O)NCc5ccc(F)cc5F)C(O)C(O)=C(C(=O)N21)N43. The second kappa shape index (κ2) is 7.56. The lowest BCUT2D eigenvalue weighted by molar-refractivity contribution is -0.181. The number of ether oxygens (including phenoxy) is 1. The molecule has 170 valence electrons. The first kappa shape index (κ1) is 20.9. The van der Waals surface area contributed by atoms with E-state index in [0.29, 0.717) is 31.6 Å². The first-order valence-corrected chi connectivity index (χ1v) is 10.6. The van der Waals surface area contributed by atoms with Gasteiger partial charge in [0.1, 0.15) is 23.4 Å². The van der Waals surface area contributed by atoms with Gasteiger partial charge in [0.2, 0.25) is 0 Å². The van der Waals surface area contributed by atoms with Crippen molar-refractivity contribution in [3.05, 3.63) is 58.1 Å². The Morgan fingerprint density at radius 3 is 2.84 bits per heavy atom. The quantitative estimate of drug-likeness (QED) is 0.648.